The molecule has 0 aliphatic rings. The molecule has 0 unspecified atom stereocenters. The molecular weight excluding hydrogens is 359 g/mol. The predicted octanol–water partition coefficient (Wildman–Crippen LogP) is 2.20. The molecular formula is C13H8F3N7O3. The third-order valence-electron chi connectivity index (χ3n) is 3.12. The number of phenols is 1. The summed E-state index contributed by atoms with van der Waals surface area (Å²) < 4.78 is 38.9. The van der Waals surface area contributed by atoms with Crippen LogP contribution in [0.4, 0.5) is 24.7 Å². The average molecular weight is 367 g/mol. The molecule has 0 saturated heterocycles. The van der Waals surface area contributed by atoms with Gasteiger partial charge in [0, 0.05) is 17.7 Å². The van der Waals surface area contributed by atoms with Gasteiger partial charge >= 0.3 is 6.18 Å². The fraction of sp³-hybridized carbons (Fsp3) is 0.0769. The van der Waals surface area contributed by atoms with E-state index in [0.717, 1.165) is 24.4 Å². The van der Waals surface area contributed by atoms with E-state index in [2.05, 4.69) is 25.8 Å². The highest BCUT2D eigenvalue weighted by molar-refractivity contribution is 5.84. The van der Waals surface area contributed by atoms with E-state index in [-0.39, 0.29) is 28.5 Å². The lowest BCUT2D eigenvalue weighted by molar-refractivity contribution is -0.384. The van der Waals surface area contributed by atoms with Crippen LogP contribution < -0.4 is 5.43 Å². The average Bonchev–Trinajstić information content (AvgIpc) is 2.99. The molecule has 0 saturated carbocycles. The van der Waals surface area contributed by atoms with Crippen LogP contribution >= 0.6 is 0 Å². The summed E-state index contributed by atoms with van der Waals surface area (Å²) in [7, 11) is 0. The summed E-state index contributed by atoms with van der Waals surface area (Å²) in [6.45, 7) is 0. The summed E-state index contributed by atoms with van der Waals surface area (Å²) in [4.78, 5) is 10.1. The molecule has 3 aromatic rings. The quantitative estimate of drug-likeness (QED) is 0.410. The zero-order valence-corrected chi connectivity index (χ0v) is 12.5. The number of rotatable bonds is 4. The molecule has 1 aromatic carbocycles. The van der Waals surface area contributed by atoms with Crippen LogP contribution in [0.25, 0.3) is 5.65 Å². The van der Waals surface area contributed by atoms with Crippen LogP contribution in [0, 0.1) is 10.1 Å². The lowest BCUT2D eigenvalue weighted by Gasteiger charge is -2.04. The molecule has 0 aliphatic heterocycles. The van der Waals surface area contributed by atoms with Gasteiger partial charge in [0.05, 0.1) is 11.1 Å². The van der Waals surface area contributed by atoms with Crippen LogP contribution in [0.3, 0.4) is 0 Å². The molecule has 2 heterocycles. The van der Waals surface area contributed by atoms with Crippen molar-refractivity contribution in [2.75, 3.05) is 5.43 Å². The smallest absolute Gasteiger partial charge is 0.453 e. The third-order valence-corrected chi connectivity index (χ3v) is 3.12. The molecule has 2 N–H and O–H groups in total. The number of aromatic hydroxyl groups is 1. The molecule has 0 bridgehead atoms. The number of alkyl halides is 3. The maximum Gasteiger partial charge on any atom is 0.453 e. The number of halogens is 3. The van der Waals surface area contributed by atoms with Gasteiger partial charge in [0.15, 0.2) is 11.5 Å². The highest BCUT2D eigenvalue weighted by Gasteiger charge is 2.37. The Bertz CT molecular complexity index is 1020. The number of nitrogens with zero attached hydrogens (tertiary/aromatic N) is 6. The number of hydrogen-bond acceptors (Lipinski definition) is 8. The van der Waals surface area contributed by atoms with Gasteiger partial charge < -0.3 is 5.11 Å². The Morgan fingerprint density at radius 2 is 2.04 bits per heavy atom. The first-order valence-electron chi connectivity index (χ1n) is 6.82. The SMILES string of the molecule is O=[N+]([O-])c1ccc(O)c(/C=N\Nc2ccc3nnc(C(F)(F)F)n3n2)c1. The summed E-state index contributed by atoms with van der Waals surface area (Å²) in [6, 6.07) is 5.88. The van der Waals surface area contributed by atoms with E-state index < -0.39 is 16.9 Å². The topological polar surface area (TPSA) is 131 Å². The van der Waals surface area contributed by atoms with Gasteiger partial charge in [0.25, 0.3) is 11.5 Å². The van der Waals surface area contributed by atoms with Crippen molar-refractivity contribution >= 4 is 23.4 Å². The number of anilines is 1. The van der Waals surface area contributed by atoms with Crippen molar-refractivity contribution in [3.63, 3.8) is 0 Å². The molecule has 0 amide bonds. The molecule has 3 rings (SSSR count). The minimum absolute atomic E-state index is 0.0352. The zero-order chi connectivity index (χ0) is 18.9. The largest absolute Gasteiger partial charge is 0.507 e. The zero-order valence-electron chi connectivity index (χ0n) is 12.5. The number of nitrogens with one attached hydrogen (secondary N) is 1. The number of benzene rings is 1. The van der Waals surface area contributed by atoms with E-state index in [4.69, 9.17) is 0 Å². The Kier molecular flexibility index (Phi) is 4.11. The van der Waals surface area contributed by atoms with E-state index in [0.29, 0.717) is 4.52 Å². The maximum atomic E-state index is 12.8. The maximum absolute atomic E-state index is 12.8. The van der Waals surface area contributed by atoms with Crippen LogP contribution in [0.15, 0.2) is 35.4 Å². The molecule has 2 aromatic heterocycles. The van der Waals surface area contributed by atoms with Gasteiger partial charge in [-0.25, -0.2) is 0 Å². The summed E-state index contributed by atoms with van der Waals surface area (Å²) in [5.74, 6) is -1.62. The predicted molar refractivity (Wildman–Crippen MR) is 81.8 cm³/mol. The van der Waals surface area contributed by atoms with E-state index >= 15 is 0 Å². The van der Waals surface area contributed by atoms with Crippen LogP contribution in [0.5, 0.6) is 5.75 Å². The van der Waals surface area contributed by atoms with Crippen molar-refractivity contribution in [3.8, 4) is 5.75 Å². The van der Waals surface area contributed by atoms with Crippen LogP contribution in [-0.2, 0) is 6.18 Å². The van der Waals surface area contributed by atoms with Crippen LogP contribution in [0.1, 0.15) is 11.4 Å². The lowest BCUT2D eigenvalue weighted by Crippen LogP contribution is -2.13. The van der Waals surface area contributed by atoms with Gasteiger partial charge in [-0.3, -0.25) is 15.5 Å². The van der Waals surface area contributed by atoms with E-state index in [9.17, 15) is 28.4 Å². The Balaban J connectivity index is 1.85. The Morgan fingerprint density at radius 3 is 2.73 bits per heavy atom. The highest BCUT2D eigenvalue weighted by atomic mass is 19.4. The van der Waals surface area contributed by atoms with E-state index in [1.165, 1.54) is 12.1 Å². The Labute approximate surface area is 141 Å². The molecule has 0 aliphatic carbocycles. The van der Waals surface area contributed by atoms with E-state index in [1.54, 1.807) is 0 Å². The normalized spacial score (nSPS) is 12.0. The van der Waals surface area contributed by atoms with E-state index in [1.807, 2.05) is 0 Å². The fourth-order valence-electron chi connectivity index (χ4n) is 1.95. The van der Waals surface area contributed by atoms with Gasteiger partial charge in [-0.1, -0.05) is 0 Å². The summed E-state index contributed by atoms with van der Waals surface area (Å²) in [6.07, 6.45) is -3.67. The van der Waals surface area contributed by atoms with Crippen molar-refractivity contribution in [1.29, 1.82) is 0 Å². The summed E-state index contributed by atoms with van der Waals surface area (Å²) in [5.41, 5.74) is 2.03. The van der Waals surface area contributed by atoms with Gasteiger partial charge in [-0.2, -0.15) is 22.8 Å². The Hall–Kier alpha value is -3.77. The molecule has 0 radical (unpaired) electrons. The first kappa shape index (κ1) is 17.1. The van der Waals surface area contributed by atoms with Crippen molar-refractivity contribution in [3.05, 3.63) is 51.8 Å². The van der Waals surface area contributed by atoms with Crippen molar-refractivity contribution in [1.82, 2.24) is 19.8 Å². The number of nitro benzene ring substituents is 1. The van der Waals surface area contributed by atoms with Gasteiger partial charge in [0.2, 0.25) is 0 Å². The lowest BCUT2D eigenvalue weighted by atomic mass is 10.2. The molecule has 13 heteroatoms. The summed E-state index contributed by atoms with van der Waals surface area (Å²) >= 11 is 0. The number of hydrazone groups is 1. The third kappa shape index (κ3) is 3.35. The monoisotopic (exact) mass is 367 g/mol. The minimum atomic E-state index is -4.73. The van der Waals surface area contributed by atoms with Gasteiger partial charge in [0.1, 0.15) is 5.75 Å². The number of aromatic nitrogens is 4. The first-order valence-corrected chi connectivity index (χ1v) is 6.82. The molecule has 134 valence electrons. The molecule has 0 spiro atoms. The Morgan fingerprint density at radius 1 is 1.27 bits per heavy atom. The number of phenolic OH excluding ortho intramolecular Hbond substituents is 1. The van der Waals surface area contributed by atoms with Gasteiger partial charge in [-0.05, 0) is 18.2 Å². The number of nitro groups is 1. The molecule has 10 nitrogen and oxygen atoms in total. The second kappa shape index (κ2) is 6.27. The van der Waals surface area contributed by atoms with Crippen molar-refractivity contribution in [2.45, 2.75) is 6.18 Å². The first-order chi connectivity index (χ1) is 12.3. The standard InChI is InChI=1S/C13H8F3N7O3/c14-13(15,16)12-20-19-11-4-3-10(21-22(11)12)18-17-6-7-5-8(23(25)26)1-2-9(7)24/h1-6,24H,(H,18,21)/b17-6-. The van der Waals surface area contributed by atoms with Crippen LogP contribution in [-0.4, -0.2) is 36.1 Å². The number of non-ortho nitro benzene ring substituents is 1. The number of fused-ring (bicyclic) bond motifs is 1. The van der Waals surface area contributed by atoms with Crippen molar-refractivity contribution in [2.24, 2.45) is 5.10 Å². The number of hydrogen-bond donors (Lipinski definition) is 2. The van der Waals surface area contributed by atoms with Crippen molar-refractivity contribution < 1.29 is 23.2 Å². The molecule has 26 heavy (non-hydrogen) atoms. The molecule has 0 atom stereocenters. The van der Waals surface area contributed by atoms with Gasteiger partial charge in [-0.15, -0.1) is 15.3 Å². The van der Waals surface area contributed by atoms with Crippen LogP contribution in [0.2, 0.25) is 0 Å². The highest BCUT2D eigenvalue weighted by Crippen LogP contribution is 2.27. The second-order valence-corrected chi connectivity index (χ2v) is 4.88. The fourth-order valence-corrected chi connectivity index (χ4v) is 1.95. The molecule has 0 fully saturated rings. The summed E-state index contributed by atoms with van der Waals surface area (Å²) in [5, 5.41) is 34.1. The minimum Gasteiger partial charge on any atom is -0.507 e. The second-order valence-electron chi connectivity index (χ2n) is 4.88.